The largest absolute Gasteiger partial charge is 0.451 e. The Morgan fingerprint density at radius 3 is 2.54 bits per heavy atom. The van der Waals surface area contributed by atoms with Gasteiger partial charge in [-0.15, -0.1) is 0 Å². The molecule has 0 radical (unpaired) electrons. The summed E-state index contributed by atoms with van der Waals surface area (Å²) in [7, 11) is 0. The Labute approximate surface area is 159 Å². The predicted molar refractivity (Wildman–Crippen MR) is 99.7 cm³/mol. The molecule has 2 aromatic carbocycles. The van der Waals surface area contributed by atoms with Gasteiger partial charge >= 0.3 is 6.18 Å². The smallest absolute Gasteiger partial charge is 0.371 e. The van der Waals surface area contributed by atoms with Gasteiger partial charge in [0.25, 0.3) is 0 Å². The van der Waals surface area contributed by atoms with Crippen LogP contribution in [0.5, 0.6) is 0 Å². The SMILES string of the molecule is Fc1ccc(N2CCC(CNc3nc(C(F)(F)F)nc4ccccc34)C2)cc1. The van der Waals surface area contributed by atoms with Crippen molar-refractivity contribution in [3.8, 4) is 0 Å². The van der Waals surface area contributed by atoms with E-state index in [1.165, 1.54) is 12.1 Å². The summed E-state index contributed by atoms with van der Waals surface area (Å²) in [6.07, 6.45) is -3.72. The number of hydrogen-bond donors (Lipinski definition) is 1. The molecule has 3 aromatic rings. The Morgan fingerprint density at radius 2 is 1.79 bits per heavy atom. The molecule has 0 bridgehead atoms. The minimum absolute atomic E-state index is 0.193. The average molecular weight is 390 g/mol. The van der Waals surface area contributed by atoms with Crippen molar-refractivity contribution < 1.29 is 17.6 Å². The van der Waals surface area contributed by atoms with Crippen LogP contribution in [-0.2, 0) is 6.18 Å². The van der Waals surface area contributed by atoms with Gasteiger partial charge in [0.05, 0.1) is 5.52 Å². The fraction of sp³-hybridized carbons (Fsp3) is 0.300. The van der Waals surface area contributed by atoms with Crippen LogP contribution >= 0.6 is 0 Å². The van der Waals surface area contributed by atoms with Gasteiger partial charge in [-0.25, -0.2) is 14.4 Å². The minimum atomic E-state index is -4.60. The van der Waals surface area contributed by atoms with Crippen molar-refractivity contribution >= 4 is 22.4 Å². The molecule has 146 valence electrons. The van der Waals surface area contributed by atoms with E-state index in [-0.39, 0.29) is 23.1 Å². The average Bonchev–Trinajstić information content (AvgIpc) is 3.15. The third kappa shape index (κ3) is 3.85. The van der Waals surface area contributed by atoms with Crippen LogP contribution in [0.3, 0.4) is 0 Å². The highest BCUT2D eigenvalue weighted by molar-refractivity contribution is 5.89. The molecule has 4 nitrogen and oxygen atoms in total. The number of benzene rings is 2. The van der Waals surface area contributed by atoms with Gasteiger partial charge in [-0.1, -0.05) is 12.1 Å². The lowest BCUT2D eigenvalue weighted by atomic mass is 10.1. The Morgan fingerprint density at radius 1 is 1.04 bits per heavy atom. The molecule has 1 N–H and O–H groups in total. The molecule has 0 spiro atoms. The Bertz CT molecular complexity index is 972. The van der Waals surface area contributed by atoms with Gasteiger partial charge < -0.3 is 10.2 Å². The van der Waals surface area contributed by atoms with Crippen LogP contribution < -0.4 is 10.2 Å². The fourth-order valence-electron chi connectivity index (χ4n) is 3.46. The topological polar surface area (TPSA) is 41.0 Å². The normalized spacial score (nSPS) is 17.3. The fourth-order valence-corrected chi connectivity index (χ4v) is 3.46. The van der Waals surface area contributed by atoms with Crippen LogP contribution in [0.1, 0.15) is 12.2 Å². The maximum absolute atomic E-state index is 13.1. The Balaban J connectivity index is 1.49. The Hall–Kier alpha value is -2.90. The van der Waals surface area contributed by atoms with E-state index in [9.17, 15) is 17.6 Å². The van der Waals surface area contributed by atoms with Crippen LogP contribution in [0.2, 0.25) is 0 Å². The number of para-hydroxylation sites is 1. The third-order valence-corrected chi connectivity index (χ3v) is 4.89. The van der Waals surface area contributed by atoms with Gasteiger partial charge in [-0.05, 0) is 48.7 Å². The van der Waals surface area contributed by atoms with Gasteiger partial charge in [0, 0.05) is 30.7 Å². The summed E-state index contributed by atoms with van der Waals surface area (Å²) >= 11 is 0. The summed E-state index contributed by atoms with van der Waals surface area (Å²) in [6, 6.07) is 13.0. The van der Waals surface area contributed by atoms with Crippen LogP contribution in [-0.4, -0.2) is 29.6 Å². The van der Waals surface area contributed by atoms with Gasteiger partial charge in [0.2, 0.25) is 5.82 Å². The molecular weight excluding hydrogens is 372 g/mol. The van der Waals surface area contributed by atoms with E-state index in [1.807, 2.05) is 0 Å². The first kappa shape index (κ1) is 18.5. The molecule has 1 aliphatic heterocycles. The second-order valence-electron chi connectivity index (χ2n) is 6.87. The zero-order valence-electron chi connectivity index (χ0n) is 14.9. The molecule has 8 heteroatoms. The molecule has 1 saturated heterocycles. The van der Waals surface area contributed by atoms with E-state index in [0.29, 0.717) is 11.9 Å². The van der Waals surface area contributed by atoms with E-state index in [1.54, 1.807) is 36.4 Å². The molecule has 1 atom stereocenters. The summed E-state index contributed by atoms with van der Waals surface area (Å²) in [4.78, 5) is 9.49. The summed E-state index contributed by atoms with van der Waals surface area (Å²) < 4.78 is 52.4. The van der Waals surface area contributed by atoms with Gasteiger partial charge in [0.15, 0.2) is 0 Å². The van der Waals surface area contributed by atoms with Crippen molar-refractivity contribution in [2.24, 2.45) is 5.92 Å². The molecule has 1 unspecified atom stereocenters. The molecule has 2 heterocycles. The number of anilines is 2. The molecule has 28 heavy (non-hydrogen) atoms. The van der Waals surface area contributed by atoms with E-state index < -0.39 is 12.0 Å². The molecule has 0 saturated carbocycles. The monoisotopic (exact) mass is 390 g/mol. The van der Waals surface area contributed by atoms with Crippen molar-refractivity contribution in [1.29, 1.82) is 0 Å². The summed E-state index contributed by atoms with van der Waals surface area (Å²) in [6.45, 7) is 2.06. The molecular formula is C20H18F4N4. The van der Waals surface area contributed by atoms with Crippen LogP contribution in [0, 0.1) is 11.7 Å². The minimum Gasteiger partial charge on any atom is -0.371 e. The zero-order valence-corrected chi connectivity index (χ0v) is 14.9. The number of alkyl halides is 3. The molecule has 1 aromatic heterocycles. The highest BCUT2D eigenvalue weighted by Crippen LogP contribution is 2.31. The molecule has 1 fully saturated rings. The maximum Gasteiger partial charge on any atom is 0.451 e. The first-order chi connectivity index (χ1) is 13.4. The standard InChI is InChI=1S/C20H18F4N4/c21-14-5-7-15(8-6-14)28-10-9-13(12-28)11-25-18-16-3-1-2-4-17(16)26-19(27-18)20(22,23)24/h1-8,13H,9-12H2,(H,25,26,27). The lowest BCUT2D eigenvalue weighted by molar-refractivity contribution is -0.144. The first-order valence-electron chi connectivity index (χ1n) is 8.98. The van der Waals surface area contributed by atoms with E-state index >= 15 is 0 Å². The van der Waals surface area contributed by atoms with Gasteiger partial charge in [0.1, 0.15) is 11.6 Å². The number of nitrogens with zero attached hydrogens (tertiary/aromatic N) is 3. The number of nitrogens with one attached hydrogen (secondary N) is 1. The second-order valence-corrected chi connectivity index (χ2v) is 6.87. The van der Waals surface area contributed by atoms with Crippen molar-refractivity contribution in [2.45, 2.75) is 12.6 Å². The van der Waals surface area contributed by atoms with Crippen molar-refractivity contribution in [3.05, 3.63) is 60.2 Å². The van der Waals surface area contributed by atoms with Gasteiger partial charge in [-0.3, -0.25) is 0 Å². The number of hydrogen-bond acceptors (Lipinski definition) is 4. The van der Waals surface area contributed by atoms with Crippen LogP contribution in [0.4, 0.5) is 29.1 Å². The quantitative estimate of drug-likeness (QED) is 0.654. The molecule has 0 aliphatic carbocycles. The van der Waals surface area contributed by atoms with E-state index in [2.05, 4.69) is 20.2 Å². The van der Waals surface area contributed by atoms with Crippen LogP contribution in [0.25, 0.3) is 10.9 Å². The highest BCUT2D eigenvalue weighted by Gasteiger charge is 2.35. The predicted octanol–water partition coefficient (Wildman–Crippen LogP) is 4.73. The Kier molecular flexibility index (Phi) is 4.78. The molecule has 4 rings (SSSR count). The summed E-state index contributed by atoms with van der Waals surface area (Å²) in [5.74, 6) is -0.989. The first-order valence-corrected chi connectivity index (χ1v) is 8.98. The number of rotatable bonds is 4. The highest BCUT2D eigenvalue weighted by atomic mass is 19.4. The summed E-state index contributed by atoms with van der Waals surface area (Å²) in [5, 5.41) is 3.64. The molecule has 0 amide bonds. The summed E-state index contributed by atoms with van der Waals surface area (Å²) in [5.41, 5.74) is 1.20. The maximum atomic E-state index is 13.1. The zero-order chi connectivity index (χ0) is 19.7. The third-order valence-electron chi connectivity index (χ3n) is 4.89. The van der Waals surface area contributed by atoms with Crippen molar-refractivity contribution in [3.63, 3.8) is 0 Å². The van der Waals surface area contributed by atoms with E-state index in [4.69, 9.17) is 0 Å². The van der Waals surface area contributed by atoms with Crippen LogP contribution in [0.15, 0.2) is 48.5 Å². The lowest BCUT2D eigenvalue weighted by Crippen LogP contribution is -2.23. The van der Waals surface area contributed by atoms with E-state index in [0.717, 1.165) is 25.2 Å². The number of halogens is 4. The number of fused-ring (bicyclic) bond motifs is 1. The van der Waals surface area contributed by atoms with Gasteiger partial charge in [-0.2, -0.15) is 13.2 Å². The number of aromatic nitrogens is 2. The van der Waals surface area contributed by atoms with Crippen molar-refractivity contribution in [1.82, 2.24) is 9.97 Å². The molecule has 1 aliphatic rings. The van der Waals surface area contributed by atoms with Crippen molar-refractivity contribution in [2.75, 3.05) is 29.9 Å². The second kappa shape index (κ2) is 7.26. The lowest BCUT2D eigenvalue weighted by Gasteiger charge is -2.19.